The molecule has 0 aliphatic carbocycles. The summed E-state index contributed by atoms with van der Waals surface area (Å²) < 4.78 is 21.6. The van der Waals surface area contributed by atoms with Crippen molar-refractivity contribution in [3.8, 4) is 0 Å². The van der Waals surface area contributed by atoms with Crippen LogP contribution in [0.15, 0.2) is 18.2 Å². The van der Waals surface area contributed by atoms with Crippen molar-refractivity contribution in [3.05, 3.63) is 34.9 Å². The minimum atomic E-state index is -0.957. The molecule has 12 heteroatoms. The molecule has 1 saturated heterocycles. The summed E-state index contributed by atoms with van der Waals surface area (Å²) in [6.45, 7) is 4.52. The topological polar surface area (TPSA) is 146 Å². The molecule has 1 aromatic carbocycles. The molecule has 3 N–H and O–H groups in total. The number of carbonyl (C=O) groups excluding carboxylic acids is 4. The second kappa shape index (κ2) is 15.6. The predicted molar refractivity (Wildman–Crippen MR) is 131 cm³/mol. The van der Waals surface area contributed by atoms with Gasteiger partial charge in [0.1, 0.15) is 6.04 Å². The van der Waals surface area contributed by atoms with Crippen LogP contribution in [0.5, 0.6) is 0 Å². The van der Waals surface area contributed by atoms with Gasteiger partial charge < -0.3 is 24.7 Å². The van der Waals surface area contributed by atoms with E-state index in [-0.39, 0.29) is 30.8 Å². The second-order valence-electron chi connectivity index (χ2n) is 8.17. The molecule has 1 aromatic rings. The molecule has 36 heavy (non-hydrogen) atoms. The van der Waals surface area contributed by atoms with Crippen LogP contribution in [0.25, 0.3) is 0 Å². The Morgan fingerprint density at radius 1 is 0.833 bits per heavy atom. The third-order valence-electron chi connectivity index (χ3n) is 5.64. The highest BCUT2D eigenvalue weighted by Gasteiger charge is 2.44. The standard InChI is InChI=1S/C24H33N3O8.ClH/c25-7-9-33-11-13-35-15-14-34-12-10-32-8-1-2-17-3-4-18-19(16-17)24(31)27(23(18)30)20-5-6-21(28)26-22(20)29;/h3-4,16,20H,1-2,5-15,25H2,(H,26,28,29);1H. The molecule has 11 nitrogen and oxygen atoms in total. The Bertz CT molecular complexity index is 913. The molecule has 1 atom stereocenters. The molecule has 1 unspecified atom stereocenters. The number of benzene rings is 1. The lowest BCUT2D eigenvalue weighted by Crippen LogP contribution is -2.54. The summed E-state index contributed by atoms with van der Waals surface area (Å²) in [6.07, 6.45) is 1.65. The van der Waals surface area contributed by atoms with Crippen molar-refractivity contribution in [1.29, 1.82) is 0 Å². The summed E-state index contributed by atoms with van der Waals surface area (Å²) in [6, 6.07) is 4.17. The number of amides is 4. The molecule has 0 aromatic heterocycles. The van der Waals surface area contributed by atoms with E-state index in [1.807, 2.05) is 6.07 Å². The first kappa shape index (κ1) is 29.8. The maximum absolute atomic E-state index is 12.9. The van der Waals surface area contributed by atoms with Gasteiger partial charge in [-0.15, -0.1) is 12.4 Å². The quantitative estimate of drug-likeness (QED) is 0.231. The summed E-state index contributed by atoms with van der Waals surface area (Å²) in [5, 5.41) is 2.19. The van der Waals surface area contributed by atoms with Crippen LogP contribution < -0.4 is 11.1 Å². The number of nitrogens with two attached hydrogens (primary N) is 1. The summed E-state index contributed by atoms with van der Waals surface area (Å²) >= 11 is 0. The zero-order chi connectivity index (χ0) is 25.0. The van der Waals surface area contributed by atoms with Crippen molar-refractivity contribution in [3.63, 3.8) is 0 Å². The van der Waals surface area contributed by atoms with Crippen LogP contribution in [0.3, 0.4) is 0 Å². The first-order valence-corrected chi connectivity index (χ1v) is 11.9. The molecule has 200 valence electrons. The number of aryl methyl sites for hydroxylation is 1. The molecule has 2 aliphatic rings. The molecule has 0 bridgehead atoms. The maximum Gasteiger partial charge on any atom is 0.262 e. The maximum atomic E-state index is 12.9. The molecule has 0 radical (unpaired) electrons. The number of fused-ring (bicyclic) bond motifs is 1. The molecular weight excluding hydrogens is 494 g/mol. The first-order chi connectivity index (χ1) is 17.0. The lowest BCUT2D eigenvalue weighted by molar-refractivity contribution is -0.136. The molecule has 1 fully saturated rings. The molecule has 2 aliphatic heterocycles. The van der Waals surface area contributed by atoms with Crippen molar-refractivity contribution in [2.24, 2.45) is 5.73 Å². The predicted octanol–water partition coefficient (Wildman–Crippen LogP) is 0.467. The zero-order valence-electron chi connectivity index (χ0n) is 20.2. The number of carbonyl (C=O) groups is 4. The van der Waals surface area contributed by atoms with E-state index in [1.165, 1.54) is 0 Å². The van der Waals surface area contributed by atoms with E-state index in [2.05, 4.69) is 5.32 Å². The van der Waals surface area contributed by atoms with Crippen molar-refractivity contribution in [1.82, 2.24) is 10.2 Å². The number of nitrogens with one attached hydrogen (secondary N) is 1. The minimum Gasteiger partial charge on any atom is -0.379 e. The highest BCUT2D eigenvalue weighted by molar-refractivity contribution is 6.23. The summed E-state index contributed by atoms with van der Waals surface area (Å²) in [5.74, 6) is -2.01. The van der Waals surface area contributed by atoms with Gasteiger partial charge in [0.05, 0.1) is 57.4 Å². The van der Waals surface area contributed by atoms with Gasteiger partial charge in [0.25, 0.3) is 11.8 Å². The lowest BCUT2D eigenvalue weighted by atomic mass is 10.0. The highest BCUT2D eigenvalue weighted by atomic mass is 35.5. The van der Waals surface area contributed by atoms with E-state index in [0.717, 1.165) is 16.9 Å². The van der Waals surface area contributed by atoms with Gasteiger partial charge >= 0.3 is 0 Å². The fourth-order valence-corrected chi connectivity index (χ4v) is 3.90. The second-order valence-corrected chi connectivity index (χ2v) is 8.17. The number of rotatable bonds is 16. The minimum absolute atomic E-state index is 0. The smallest absolute Gasteiger partial charge is 0.262 e. The number of hydrogen-bond donors (Lipinski definition) is 2. The normalized spacial score (nSPS) is 17.2. The van der Waals surface area contributed by atoms with Gasteiger partial charge in [0, 0.05) is 19.6 Å². The Morgan fingerprint density at radius 3 is 2.03 bits per heavy atom. The van der Waals surface area contributed by atoms with Crippen LogP contribution in [0.1, 0.15) is 45.5 Å². The SMILES string of the molecule is Cl.NCCOCCOCCOCCOCCCc1ccc2c(c1)C(=O)N(C1CCC(=O)NC1=O)C2=O. The van der Waals surface area contributed by atoms with Crippen LogP contribution in [0.4, 0.5) is 0 Å². The highest BCUT2D eigenvalue weighted by Crippen LogP contribution is 2.28. The third-order valence-corrected chi connectivity index (χ3v) is 5.64. The van der Waals surface area contributed by atoms with Gasteiger partial charge in [-0.2, -0.15) is 0 Å². The molecule has 4 amide bonds. The van der Waals surface area contributed by atoms with Crippen LogP contribution >= 0.6 is 12.4 Å². The fourth-order valence-electron chi connectivity index (χ4n) is 3.90. The number of hydrogen-bond acceptors (Lipinski definition) is 9. The van der Waals surface area contributed by atoms with Gasteiger partial charge in [-0.05, 0) is 37.0 Å². The van der Waals surface area contributed by atoms with Crippen molar-refractivity contribution >= 4 is 36.0 Å². The fraction of sp³-hybridized carbons (Fsp3) is 0.583. The molecule has 0 saturated carbocycles. The Hall–Kier alpha value is -2.41. The molecule has 3 rings (SSSR count). The lowest BCUT2D eigenvalue weighted by Gasteiger charge is -2.27. The average molecular weight is 528 g/mol. The molecule has 0 spiro atoms. The van der Waals surface area contributed by atoms with E-state index in [9.17, 15) is 19.2 Å². The van der Waals surface area contributed by atoms with E-state index in [1.54, 1.807) is 12.1 Å². The molecule has 2 heterocycles. The number of piperidine rings is 1. The number of nitrogens with zero attached hydrogens (tertiary/aromatic N) is 1. The van der Waals surface area contributed by atoms with E-state index >= 15 is 0 Å². The molecular formula is C24H34ClN3O8. The van der Waals surface area contributed by atoms with Gasteiger partial charge in [-0.1, -0.05) is 6.07 Å². The van der Waals surface area contributed by atoms with Gasteiger partial charge in [0.15, 0.2) is 0 Å². The van der Waals surface area contributed by atoms with Crippen LogP contribution in [-0.4, -0.2) is 94.0 Å². The first-order valence-electron chi connectivity index (χ1n) is 11.9. The van der Waals surface area contributed by atoms with Crippen LogP contribution in [0, 0.1) is 0 Å². The largest absolute Gasteiger partial charge is 0.379 e. The van der Waals surface area contributed by atoms with Gasteiger partial charge in [-0.25, -0.2) is 0 Å². The van der Waals surface area contributed by atoms with E-state index in [0.29, 0.717) is 71.4 Å². The number of imide groups is 2. The van der Waals surface area contributed by atoms with Crippen molar-refractivity contribution < 1.29 is 38.1 Å². The third kappa shape index (κ3) is 8.32. The van der Waals surface area contributed by atoms with Crippen LogP contribution in [-0.2, 0) is 35.0 Å². The zero-order valence-corrected chi connectivity index (χ0v) is 21.0. The van der Waals surface area contributed by atoms with Crippen LogP contribution in [0.2, 0.25) is 0 Å². The van der Waals surface area contributed by atoms with Crippen molar-refractivity contribution in [2.45, 2.75) is 31.7 Å². The summed E-state index contributed by atoms with van der Waals surface area (Å²) in [5.41, 5.74) is 6.80. The summed E-state index contributed by atoms with van der Waals surface area (Å²) in [7, 11) is 0. The summed E-state index contributed by atoms with van der Waals surface area (Å²) in [4.78, 5) is 50.1. The van der Waals surface area contributed by atoms with Crippen molar-refractivity contribution in [2.75, 3.05) is 59.4 Å². The van der Waals surface area contributed by atoms with E-state index < -0.39 is 29.7 Å². The average Bonchev–Trinajstić information content (AvgIpc) is 3.09. The Balaban J connectivity index is 0.00000456. The Morgan fingerprint density at radius 2 is 1.42 bits per heavy atom. The monoisotopic (exact) mass is 527 g/mol. The van der Waals surface area contributed by atoms with E-state index in [4.69, 9.17) is 24.7 Å². The Labute approximate surface area is 216 Å². The van der Waals surface area contributed by atoms with Gasteiger partial charge in [-0.3, -0.25) is 29.4 Å². The Kier molecular flexibility index (Phi) is 13.0. The number of ether oxygens (including phenoxy) is 4. The van der Waals surface area contributed by atoms with Gasteiger partial charge in [0.2, 0.25) is 11.8 Å². The number of halogens is 1.